The fraction of sp³-hybridized carbons (Fsp3) is 0.100. The molecule has 0 bridgehead atoms. The third kappa shape index (κ3) is 5.59. The minimum Gasteiger partial charge on any atom is -0.324 e. The molecule has 0 unspecified atom stereocenters. The van der Waals surface area contributed by atoms with Gasteiger partial charge in [-0.05, 0) is 35.9 Å². The molecule has 0 saturated carbocycles. The fourth-order valence-corrected chi connectivity index (χ4v) is 2.63. The predicted molar refractivity (Wildman–Crippen MR) is 107 cm³/mol. The molecule has 144 valence electrons. The summed E-state index contributed by atoms with van der Waals surface area (Å²) in [6.07, 6.45) is 2.02. The van der Waals surface area contributed by atoms with E-state index in [2.05, 4.69) is 5.32 Å². The molecule has 2 amide bonds. The smallest absolute Gasteiger partial charge is 0.229 e. The monoisotopic (exact) mass is 400 g/mol. The van der Waals surface area contributed by atoms with Crippen molar-refractivity contribution < 1.29 is 14.0 Å². The van der Waals surface area contributed by atoms with E-state index in [0.717, 1.165) is 11.1 Å². The SMILES string of the molecule is CC(=O)N(C(=N)/C=C(\C=N)NC(=O)Cc1ccccc1Cl)c1ccc(F)cc1. The number of nitrogens with zero attached hydrogens (tertiary/aromatic N) is 1. The molecule has 0 radical (unpaired) electrons. The number of allylic oxidation sites excluding steroid dienone is 1. The Hall–Kier alpha value is -3.32. The van der Waals surface area contributed by atoms with Crippen LogP contribution in [0.4, 0.5) is 10.1 Å². The van der Waals surface area contributed by atoms with E-state index in [9.17, 15) is 14.0 Å². The van der Waals surface area contributed by atoms with Crippen molar-refractivity contribution >= 4 is 41.2 Å². The van der Waals surface area contributed by atoms with Gasteiger partial charge in [0.15, 0.2) is 0 Å². The summed E-state index contributed by atoms with van der Waals surface area (Å²) in [6.45, 7) is 1.26. The van der Waals surface area contributed by atoms with Gasteiger partial charge in [-0.1, -0.05) is 29.8 Å². The highest BCUT2D eigenvalue weighted by molar-refractivity contribution is 6.31. The maximum Gasteiger partial charge on any atom is 0.229 e. The molecule has 2 aromatic carbocycles. The second-order valence-electron chi connectivity index (χ2n) is 5.78. The summed E-state index contributed by atoms with van der Waals surface area (Å²) in [5.41, 5.74) is 0.940. The van der Waals surface area contributed by atoms with Gasteiger partial charge in [-0.2, -0.15) is 0 Å². The van der Waals surface area contributed by atoms with Gasteiger partial charge in [-0.3, -0.25) is 19.9 Å². The first kappa shape index (κ1) is 21.0. The highest BCUT2D eigenvalue weighted by Gasteiger charge is 2.17. The first-order chi connectivity index (χ1) is 13.3. The van der Waals surface area contributed by atoms with Gasteiger partial charge in [0.25, 0.3) is 0 Å². The highest BCUT2D eigenvalue weighted by atomic mass is 35.5. The molecule has 0 spiro atoms. The Morgan fingerprint density at radius 2 is 1.82 bits per heavy atom. The van der Waals surface area contributed by atoms with Gasteiger partial charge < -0.3 is 10.7 Å². The largest absolute Gasteiger partial charge is 0.324 e. The van der Waals surface area contributed by atoms with E-state index in [1.807, 2.05) is 0 Å². The van der Waals surface area contributed by atoms with E-state index in [1.54, 1.807) is 24.3 Å². The average Bonchev–Trinajstić information content (AvgIpc) is 2.64. The minimum absolute atomic E-state index is 0.00737. The van der Waals surface area contributed by atoms with Crippen LogP contribution in [0, 0.1) is 16.6 Å². The second-order valence-corrected chi connectivity index (χ2v) is 6.18. The van der Waals surface area contributed by atoms with E-state index in [1.165, 1.54) is 37.3 Å². The molecule has 0 atom stereocenters. The second kappa shape index (κ2) is 9.57. The summed E-state index contributed by atoms with van der Waals surface area (Å²) in [7, 11) is 0. The molecule has 0 aromatic heterocycles. The molecule has 0 aliphatic carbocycles. The lowest BCUT2D eigenvalue weighted by molar-refractivity contribution is -0.119. The highest BCUT2D eigenvalue weighted by Crippen LogP contribution is 2.17. The van der Waals surface area contributed by atoms with Gasteiger partial charge in [0.2, 0.25) is 11.8 Å². The Labute approximate surface area is 166 Å². The van der Waals surface area contributed by atoms with Crippen LogP contribution in [0.3, 0.4) is 0 Å². The normalized spacial score (nSPS) is 10.9. The van der Waals surface area contributed by atoms with Gasteiger partial charge in [0, 0.05) is 24.2 Å². The van der Waals surface area contributed by atoms with Crippen molar-refractivity contribution in [3.63, 3.8) is 0 Å². The lowest BCUT2D eigenvalue weighted by atomic mass is 10.1. The third-order valence-electron chi connectivity index (χ3n) is 3.68. The molecule has 0 heterocycles. The van der Waals surface area contributed by atoms with Gasteiger partial charge >= 0.3 is 0 Å². The van der Waals surface area contributed by atoms with E-state index < -0.39 is 17.6 Å². The summed E-state index contributed by atoms with van der Waals surface area (Å²) < 4.78 is 13.1. The molecule has 2 rings (SSSR count). The zero-order valence-corrected chi connectivity index (χ0v) is 15.8. The average molecular weight is 401 g/mol. The van der Waals surface area contributed by atoms with Crippen LogP contribution in [0.25, 0.3) is 0 Å². The van der Waals surface area contributed by atoms with Crippen LogP contribution in [0.5, 0.6) is 0 Å². The van der Waals surface area contributed by atoms with Crippen LogP contribution < -0.4 is 10.2 Å². The number of nitrogens with one attached hydrogen (secondary N) is 3. The lowest BCUT2D eigenvalue weighted by Crippen LogP contribution is -2.35. The number of hydrogen-bond acceptors (Lipinski definition) is 4. The number of anilines is 1. The maximum absolute atomic E-state index is 13.1. The lowest BCUT2D eigenvalue weighted by Gasteiger charge is -2.20. The summed E-state index contributed by atoms with van der Waals surface area (Å²) >= 11 is 6.03. The molecule has 0 fully saturated rings. The number of hydrogen-bond donors (Lipinski definition) is 3. The van der Waals surface area contributed by atoms with Gasteiger partial charge in [-0.25, -0.2) is 4.39 Å². The molecule has 3 N–H and O–H groups in total. The zero-order chi connectivity index (χ0) is 20.7. The summed E-state index contributed by atoms with van der Waals surface area (Å²) in [6, 6.07) is 11.9. The topological polar surface area (TPSA) is 97.1 Å². The van der Waals surface area contributed by atoms with Crippen molar-refractivity contribution in [2.45, 2.75) is 13.3 Å². The summed E-state index contributed by atoms with van der Waals surface area (Å²) in [4.78, 5) is 25.2. The van der Waals surface area contributed by atoms with Crippen LogP contribution >= 0.6 is 11.6 Å². The Morgan fingerprint density at radius 3 is 2.39 bits per heavy atom. The minimum atomic E-state index is -0.473. The van der Waals surface area contributed by atoms with E-state index in [0.29, 0.717) is 16.3 Å². The van der Waals surface area contributed by atoms with Crippen molar-refractivity contribution in [3.8, 4) is 0 Å². The molecular formula is C20H18ClFN4O2. The number of carbonyl (C=O) groups excluding carboxylic acids is 2. The Balaban J connectivity index is 2.16. The van der Waals surface area contributed by atoms with E-state index in [-0.39, 0.29) is 18.0 Å². The molecular weight excluding hydrogens is 383 g/mol. The van der Waals surface area contributed by atoms with Crippen molar-refractivity contribution in [1.29, 1.82) is 10.8 Å². The van der Waals surface area contributed by atoms with Crippen LogP contribution in [-0.2, 0) is 16.0 Å². The molecule has 0 saturated heterocycles. The van der Waals surface area contributed by atoms with Crippen LogP contribution in [0.15, 0.2) is 60.3 Å². The van der Waals surface area contributed by atoms with E-state index in [4.69, 9.17) is 22.4 Å². The summed E-state index contributed by atoms with van der Waals surface area (Å²) in [5, 5.41) is 18.6. The molecule has 8 heteroatoms. The standard InChI is InChI=1S/C20H18ClFN4O2/c1-13(27)26(17-8-6-15(22)7-9-17)19(24)11-16(12-23)25-20(28)10-14-4-2-3-5-18(14)21/h2-9,11-12,23-24H,10H2,1H3,(H,25,28)/b16-11+,23-12?,24-19?. The first-order valence-electron chi connectivity index (χ1n) is 8.22. The van der Waals surface area contributed by atoms with Crippen molar-refractivity contribution in [2.24, 2.45) is 0 Å². The van der Waals surface area contributed by atoms with E-state index >= 15 is 0 Å². The quantitative estimate of drug-likeness (QED) is 0.509. The van der Waals surface area contributed by atoms with Crippen molar-refractivity contribution in [1.82, 2.24) is 5.32 Å². The van der Waals surface area contributed by atoms with Gasteiger partial charge in [-0.15, -0.1) is 0 Å². The van der Waals surface area contributed by atoms with Crippen LogP contribution in [0.2, 0.25) is 5.02 Å². The number of benzene rings is 2. The van der Waals surface area contributed by atoms with Gasteiger partial charge in [0.05, 0.1) is 17.8 Å². The molecule has 28 heavy (non-hydrogen) atoms. The number of carbonyl (C=O) groups is 2. The number of rotatable bonds is 6. The predicted octanol–water partition coefficient (Wildman–Crippen LogP) is 3.70. The third-order valence-corrected chi connectivity index (χ3v) is 4.05. The van der Waals surface area contributed by atoms with Crippen LogP contribution in [-0.4, -0.2) is 23.9 Å². The first-order valence-corrected chi connectivity index (χ1v) is 8.60. The Morgan fingerprint density at radius 1 is 1.18 bits per heavy atom. The van der Waals surface area contributed by atoms with Crippen molar-refractivity contribution in [2.75, 3.05) is 4.90 Å². The molecule has 6 nitrogen and oxygen atoms in total. The fourth-order valence-electron chi connectivity index (χ4n) is 2.43. The maximum atomic E-state index is 13.1. The molecule has 0 aliphatic rings. The Kier molecular flexibility index (Phi) is 7.17. The van der Waals surface area contributed by atoms with Crippen molar-refractivity contribution in [3.05, 3.63) is 76.7 Å². The number of amidine groups is 1. The van der Waals surface area contributed by atoms with Gasteiger partial charge in [0.1, 0.15) is 11.7 Å². The number of amides is 2. The Bertz CT molecular complexity index is 941. The molecule has 2 aromatic rings. The summed E-state index contributed by atoms with van der Waals surface area (Å²) in [5.74, 6) is -1.65. The van der Waals surface area contributed by atoms with Crippen LogP contribution in [0.1, 0.15) is 12.5 Å². The zero-order valence-electron chi connectivity index (χ0n) is 15.0. The molecule has 0 aliphatic heterocycles. The number of halogens is 2.